The van der Waals surface area contributed by atoms with E-state index in [-0.39, 0.29) is 24.3 Å². The minimum atomic E-state index is -0.872. The quantitative estimate of drug-likeness (QED) is 0.0985. The highest BCUT2D eigenvalue weighted by molar-refractivity contribution is 7.07. The second-order valence-electron chi connectivity index (χ2n) is 11.1. The van der Waals surface area contributed by atoms with E-state index in [2.05, 4.69) is 6.58 Å². The van der Waals surface area contributed by atoms with Crippen LogP contribution in [0.25, 0.3) is 6.08 Å². The molecule has 1 atom stereocenters. The Bertz CT molecular complexity index is 2080. The number of methoxy groups -OCH3 is 1. The third kappa shape index (κ3) is 7.80. The van der Waals surface area contributed by atoms with Gasteiger partial charge in [-0.2, -0.15) is 0 Å². The summed E-state index contributed by atoms with van der Waals surface area (Å²) in [5.74, 6) is 1.05. The lowest BCUT2D eigenvalue weighted by Gasteiger charge is -2.27. The molecule has 3 aromatic carbocycles. The van der Waals surface area contributed by atoms with Gasteiger partial charge in [-0.05, 0) is 74.7 Å². The highest BCUT2D eigenvalue weighted by Crippen LogP contribution is 2.39. The molecule has 0 bridgehead atoms. The van der Waals surface area contributed by atoms with Crippen molar-refractivity contribution < 1.29 is 23.7 Å². The number of hydrogen-bond donors (Lipinski definition) is 0. The summed E-state index contributed by atoms with van der Waals surface area (Å²) in [6.07, 6.45) is 5.33. The smallest absolute Gasteiger partial charge is 0.338 e. The van der Waals surface area contributed by atoms with Crippen LogP contribution in [0.1, 0.15) is 61.9 Å². The minimum absolute atomic E-state index is 0.166. The van der Waals surface area contributed by atoms with E-state index >= 15 is 0 Å². The molecule has 0 N–H and O–H groups in total. The van der Waals surface area contributed by atoms with Gasteiger partial charge in [0.25, 0.3) is 5.56 Å². The fourth-order valence-corrected chi connectivity index (χ4v) is 7.14. The highest BCUT2D eigenvalue weighted by atomic mass is 35.5. The van der Waals surface area contributed by atoms with Crippen molar-refractivity contribution in [3.8, 4) is 17.2 Å². The second-order valence-corrected chi connectivity index (χ2v) is 13.0. The van der Waals surface area contributed by atoms with Crippen LogP contribution >= 0.6 is 34.5 Å². The number of halogens is 2. The van der Waals surface area contributed by atoms with Gasteiger partial charge in [-0.25, -0.2) is 9.79 Å². The normalized spacial score (nSPS) is 14.2. The van der Waals surface area contributed by atoms with Crippen LogP contribution in [0, 0.1) is 0 Å². The van der Waals surface area contributed by atoms with Crippen LogP contribution in [0.2, 0.25) is 10.0 Å². The van der Waals surface area contributed by atoms with Crippen molar-refractivity contribution in [1.82, 2.24) is 4.57 Å². The first-order chi connectivity index (χ1) is 23.7. The molecular weight excluding hydrogens is 683 g/mol. The van der Waals surface area contributed by atoms with Crippen LogP contribution in [0.5, 0.6) is 17.2 Å². The number of hydrogen-bond acceptors (Lipinski definition) is 8. The van der Waals surface area contributed by atoms with E-state index in [0.29, 0.717) is 67.3 Å². The molecule has 0 saturated carbocycles. The number of carbonyl (C=O) groups is 1. The predicted molar refractivity (Wildman–Crippen MR) is 195 cm³/mol. The summed E-state index contributed by atoms with van der Waals surface area (Å²) in [5, 5.41) is 1.05. The summed E-state index contributed by atoms with van der Waals surface area (Å²) < 4.78 is 25.5. The number of carbonyl (C=O) groups excluding carboxylic acids is 1. The molecule has 0 spiro atoms. The van der Waals surface area contributed by atoms with Gasteiger partial charge in [-0.15, -0.1) is 6.58 Å². The topological polar surface area (TPSA) is 88.4 Å². The summed E-state index contributed by atoms with van der Waals surface area (Å²) in [4.78, 5) is 33.3. The van der Waals surface area contributed by atoms with E-state index < -0.39 is 12.0 Å². The molecule has 256 valence electrons. The van der Waals surface area contributed by atoms with E-state index in [1.54, 1.807) is 37.3 Å². The van der Waals surface area contributed by atoms with Gasteiger partial charge in [0.05, 0.1) is 36.1 Å². The van der Waals surface area contributed by atoms with Crippen molar-refractivity contribution in [3.05, 3.63) is 131 Å². The van der Waals surface area contributed by atoms with Gasteiger partial charge in [-0.3, -0.25) is 9.36 Å². The van der Waals surface area contributed by atoms with Crippen molar-refractivity contribution in [3.63, 3.8) is 0 Å². The van der Waals surface area contributed by atoms with Crippen molar-refractivity contribution in [1.29, 1.82) is 0 Å². The van der Waals surface area contributed by atoms with Gasteiger partial charge in [-0.1, -0.05) is 72.2 Å². The first kappa shape index (κ1) is 36.0. The molecule has 0 amide bonds. The summed E-state index contributed by atoms with van der Waals surface area (Å²) in [6, 6.07) is 15.6. The van der Waals surface area contributed by atoms with Crippen LogP contribution in [0.4, 0.5) is 0 Å². The molecule has 4 aromatic rings. The second kappa shape index (κ2) is 16.4. The molecule has 11 heteroatoms. The van der Waals surface area contributed by atoms with Gasteiger partial charge in [0.2, 0.25) is 0 Å². The van der Waals surface area contributed by atoms with E-state index in [4.69, 9.17) is 47.1 Å². The van der Waals surface area contributed by atoms with Crippen molar-refractivity contribution in [2.45, 2.75) is 52.7 Å². The molecule has 49 heavy (non-hydrogen) atoms. The monoisotopic (exact) mass is 720 g/mol. The van der Waals surface area contributed by atoms with E-state index in [1.807, 2.05) is 50.2 Å². The minimum Gasteiger partial charge on any atom is -0.496 e. The highest BCUT2D eigenvalue weighted by Gasteiger charge is 2.36. The molecule has 8 nitrogen and oxygen atoms in total. The van der Waals surface area contributed by atoms with E-state index in [0.717, 1.165) is 23.1 Å². The Morgan fingerprint density at radius 1 is 1.02 bits per heavy atom. The lowest BCUT2D eigenvalue weighted by Crippen LogP contribution is -2.40. The molecule has 5 rings (SSSR count). The number of benzene rings is 3. The summed E-state index contributed by atoms with van der Waals surface area (Å²) in [5.41, 5.74) is 3.49. The first-order valence-electron chi connectivity index (χ1n) is 16.1. The van der Waals surface area contributed by atoms with Crippen molar-refractivity contribution in [2.24, 2.45) is 4.99 Å². The molecular formula is C38H38Cl2N2O6S. The van der Waals surface area contributed by atoms with Crippen LogP contribution in [-0.2, 0) is 22.6 Å². The standard InChI is InChI=1S/C38H38Cl2N2O6S/c1-6-12-24-18-23(19-31(46-8-3)35(24)48-22-25-14-10-11-15-28(25)40)20-32-36(43)42-34(27-21-26(39)16-17-30(27)45-5)33(37(44)47-9-4)29(13-7-2)41-38(42)49-32/h6,10-11,14-21,34H,1,7-9,12-13,22H2,2-5H3/b32-20-/t34-/m0/s1. The van der Waals surface area contributed by atoms with Gasteiger partial charge in [0.1, 0.15) is 18.4 Å². The lowest BCUT2D eigenvalue weighted by molar-refractivity contribution is -0.139. The molecule has 0 radical (unpaired) electrons. The number of esters is 1. The summed E-state index contributed by atoms with van der Waals surface area (Å²) >= 11 is 14.1. The molecule has 0 saturated heterocycles. The third-order valence-electron chi connectivity index (χ3n) is 7.82. The average molecular weight is 722 g/mol. The van der Waals surface area contributed by atoms with E-state index in [9.17, 15) is 9.59 Å². The van der Waals surface area contributed by atoms with Gasteiger partial charge >= 0.3 is 5.97 Å². The maximum absolute atomic E-state index is 14.4. The van der Waals surface area contributed by atoms with Crippen molar-refractivity contribution in [2.75, 3.05) is 20.3 Å². The lowest BCUT2D eigenvalue weighted by atomic mass is 9.93. The first-order valence-corrected chi connectivity index (χ1v) is 17.6. The average Bonchev–Trinajstić information content (AvgIpc) is 3.38. The van der Waals surface area contributed by atoms with E-state index in [1.165, 1.54) is 23.0 Å². The third-order valence-corrected chi connectivity index (χ3v) is 9.41. The Kier molecular flexibility index (Phi) is 12.0. The number of thiazole rings is 1. The number of aromatic nitrogens is 1. The number of ether oxygens (including phenoxy) is 4. The molecule has 0 aliphatic carbocycles. The zero-order chi connectivity index (χ0) is 35.1. The molecule has 1 aromatic heterocycles. The number of fused-ring (bicyclic) bond motifs is 1. The van der Waals surface area contributed by atoms with Crippen LogP contribution in [0.3, 0.4) is 0 Å². The SMILES string of the molecule is C=CCc1cc(/C=c2\sc3n(c2=O)[C@@H](c2cc(Cl)ccc2OC)C(C(=O)OCC)=C(CCC)N=3)cc(OCC)c1OCc1ccccc1Cl. The molecule has 2 heterocycles. The summed E-state index contributed by atoms with van der Waals surface area (Å²) in [7, 11) is 1.54. The Labute approximate surface area is 299 Å². The van der Waals surface area contributed by atoms with Crippen molar-refractivity contribution >= 4 is 46.6 Å². The van der Waals surface area contributed by atoms with Gasteiger partial charge in [0, 0.05) is 26.7 Å². The molecule has 0 unspecified atom stereocenters. The summed E-state index contributed by atoms with van der Waals surface area (Å²) in [6.45, 7) is 10.4. The fourth-order valence-electron chi connectivity index (χ4n) is 5.75. The Morgan fingerprint density at radius 2 is 1.82 bits per heavy atom. The zero-order valence-corrected chi connectivity index (χ0v) is 30.2. The molecule has 0 fully saturated rings. The maximum Gasteiger partial charge on any atom is 0.338 e. The van der Waals surface area contributed by atoms with Crippen LogP contribution in [0.15, 0.2) is 88.3 Å². The van der Waals surface area contributed by atoms with Gasteiger partial charge in [0.15, 0.2) is 16.3 Å². The van der Waals surface area contributed by atoms with Crippen LogP contribution in [-0.4, -0.2) is 30.9 Å². The Morgan fingerprint density at radius 3 is 2.51 bits per heavy atom. The fraction of sp³-hybridized carbons (Fsp3) is 0.289. The number of rotatable bonds is 14. The maximum atomic E-state index is 14.4. The number of allylic oxidation sites excluding steroid dienone is 2. The Balaban J connectivity index is 1.70. The molecule has 1 aliphatic heterocycles. The predicted octanol–water partition coefficient (Wildman–Crippen LogP) is 7.60. The number of nitrogens with zero attached hydrogens (tertiary/aromatic N) is 2. The van der Waals surface area contributed by atoms with Crippen LogP contribution < -0.4 is 29.1 Å². The Hall–Kier alpha value is -4.31. The largest absolute Gasteiger partial charge is 0.496 e. The molecule has 1 aliphatic rings. The zero-order valence-electron chi connectivity index (χ0n) is 27.9. The van der Waals surface area contributed by atoms with Gasteiger partial charge < -0.3 is 18.9 Å².